The van der Waals surface area contributed by atoms with Gasteiger partial charge in [-0.15, -0.1) is 11.3 Å². The lowest BCUT2D eigenvalue weighted by atomic mass is 9.93. The second-order valence-corrected chi connectivity index (χ2v) is 8.59. The summed E-state index contributed by atoms with van der Waals surface area (Å²) in [6, 6.07) is 12.3. The minimum Gasteiger partial charge on any atom is -0.331 e. The first kappa shape index (κ1) is 18.5. The van der Waals surface area contributed by atoms with E-state index < -0.39 is 0 Å². The van der Waals surface area contributed by atoms with Crippen molar-refractivity contribution in [2.75, 3.05) is 0 Å². The minimum absolute atomic E-state index is 0.109. The van der Waals surface area contributed by atoms with Gasteiger partial charge in [0, 0.05) is 23.5 Å². The van der Waals surface area contributed by atoms with Crippen LogP contribution in [0.4, 0.5) is 0 Å². The Hall–Kier alpha value is -1.91. The molecule has 3 nitrogen and oxygen atoms in total. The molecule has 27 heavy (non-hydrogen) atoms. The fourth-order valence-electron chi connectivity index (χ4n) is 3.96. The van der Waals surface area contributed by atoms with Crippen LogP contribution in [0.15, 0.2) is 41.8 Å². The number of pyridine rings is 1. The molecule has 0 aliphatic heterocycles. The van der Waals surface area contributed by atoms with Crippen LogP contribution in [0.2, 0.25) is 5.15 Å². The summed E-state index contributed by atoms with van der Waals surface area (Å²) in [6.45, 7) is 2.55. The summed E-state index contributed by atoms with van der Waals surface area (Å²) in [4.78, 5) is 20.7. The maximum atomic E-state index is 13.2. The Morgan fingerprint density at radius 1 is 1.22 bits per heavy atom. The summed E-state index contributed by atoms with van der Waals surface area (Å²) < 4.78 is 0. The number of rotatable bonds is 4. The van der Waals surface area contributed by atoms with Gasteiger partial charge in [-0.25, -0.2) is 4.98 Å². The largest absolute Gasteiger partial charge is 0.331 e. The van der Waals surface area contributed by atoms with Crippen LogP contribution in [-0.2, 0) is 6.54 Å². The average molecular weight is 399 g/mol. The second-order valence-electron chi connectivity index (χ2n) is 7.29. The quantitative estimate of drug-likeness (QED) is 0.488. The lowest BCUT2D eigenvalue weighted by Gasteiger charge is -2.34. The van der Waals surface area contributed by atoms with Gasteiger partial charge in [0.05, 0.1) is 10.4 Å². The van der Waals surface area contributed by atoms with E-state index in [1.807, 2.05) is 41.5 Å². The molecule has 1 fully saturated rings. The Morgan fingerprint density at radius 2 is 2.04 bits per heavy atom. The maximum absolute atomic E-state index is 13.2. The van der Waals surface area contributed by atoms with Crippen molar-refractivity contribution in [1.82, 2.24) is 9.88 Å². The molecule has 0 bridgehead atoms. The molecular weight excluding hydrogens is 376 g/mol. The molecule has 4 rings (SSSR count). The summed E-state index contributed by atoms with van der Waals surface area (Å²) in [7, 11) is 0. The van der Waals surface area contributed by atoms with Gasteiger partial charge in [-0.1, -0.05) is 55.1 Å². The number of nitrogens with zero attached hydrogens (tertiary/aromatic N) is 2. The zero-order chi connectivity index (χ0) is 18.8. The number of amides is 1. The maximum Gasteiger partial charge on any atom is 0.264 e. The number of thiophene rings is 1. The molecule has 1 aliphatic rings. The molecular formula is C22H23ClN2OS. The zero-order valence-electron chi connectivity index (χ0n) is 15.5. The molecule has 0 saturated heterocycles. The molecule has 140 valence electrons. The normalized spacial score (nSPS) is 15.2. The van der Waals surface area contributed by atoms with Crippen molar-refractivity contribution < 1.29 is 4.79 Å². The summed E-state index contributed by atoms with van der Waals surface area (Å²) >= 11 is 8.04. The molecule has 0 unspecified atom stereocenters. The highest BCUT2D eigenvalue weighted by Crippen LogP contribution is 2.29. The fraction of sp³-hybridized carbons (Fsp3) is 0.364. The van der Waals surface area contributed by atoms with Gasteiger partial charge in [0.25, 0.3) is 5.91 Å². The molecule has 1 aromatic carbocycles. The lowest BCUT2D eigenvalue weighted by Crippen LogP contribution is -2.40. The number of hydrogen-bond acceptors (Lipinski definition) is 3. The Morgan fingerprint density at radius 3 is 2.78 bits per heavy atom. The Kier molecular flexibility index (Phi) is 5.46. The number of halogens is 1. The van der Waals surface area contributed by atoms with Gasteiger partial charge < -0.3 is 4.90 Å². The Balaban J connectivity index is 1.69. The van der Waals surface area contributed by atoms with Gasteiger partial charge in [0.1, 0.15) is 5.15 Å². The molecule has 3 aromatic rings. The van der Waals surface area contributed by atoms with Crippen LogP contribution in [0.3, 0.4) is 0 Å². The van der Waals surface area contributed by atoms with Crippen LogP contribution < -0.4 is 0 Å². The molecule has 2 aromatic heterocycles. The van der Waals surface area contributed by atoms with Crippen molar-refractivity contribution in [2.24, 2.45) is 0 Å². The summed E-state index contributed by atoms with van der Waals surface area (Å²) in [6.07, 6.45) is 5.75. The smallest absolute Gasteiger partial charge is 0.264 e. The SMILES string of the molecule is Cc1cccc2cc(CN(C(=O)c3cccs3)C3CCCCC3)c(Cl)nc12. The molecule has 1 saturated carbocycles. The van der Waals surface area contributed by atoms with Crippen LogP contribution in [0.5, 0.6) is 0 Å². The zero-order valence-corrected chi connectivity index (χ0v) is 17.0. The van der Waals surface area contributed by atoms with Crippen molar-refractivity contribution in [1.29, 1.82) is 0 Å². The number of fused-ring (bicyclic) bond motifs is 1. The monoisotopic (exact) mass is 398 g/mol. The number of carbonyl (C=O) groups excluding carboxylic acids is 1. The highest BCUT2D eigenvalue weighted by molar-refractivity contribution is 7.12. The third kappa shape index (κ3) is 3.87. The molecule has 0 atom stereocenters. The first-order valence-electron chi connectivity index (χ1n) is 9.52. The van der Waals surface area contributed by atoms with E-state index in [1.54, 1.807) is 0 Å². The van der Waals surface area contributed by atoms with Gasteiger partial charge in [-0.3, -0.25) is 4.79 Å². The van der Waals surface area contributed by atoms with Gasteiger partial charge in [-0.2, -0.15) is 0 Å². The highest BCUT2D eigenvalue weighted by atomic mass is 35.5. The molecule has 0 N–H and O–H groups in total. The first-order chi connectivity index (χ1) is 13.1. The molecule has 1 aliphatic carbocycles. The first-order valence-corrected chi connectivity index (χ1v) is 10.8. The predicted octanol–water partition coefficient (Wildman–Crippen LogP) is 6.23. The van der Waals surface area contributed by atoms with Crippen LogP contribution in [0, 0.1) is 6.92 Å². The van der Waals surface area contributed by atoms with E-state index in [9.17, 15) is 4.79 Å². The number of benzene rings is 1. The predicted molar refractivity (Wildman–Crippen MR) is 113 cm³/mol. The summed E-state index contributed by atoms with van der Waals surface area (Å²) in [5.41, 5.74) is 2.96. The molecule has 0 spiro atoms. The minimum atomic E-state index is 0.109. The van der Waals surface area contributed by atoms with E-state index in [1.165, 1.54) is 30.6 Å². The van der Waals surface area contributed by atoms with E-state index in [0.717, 1.165) is 39.7 Å². The number of aromatic nitrogens is 1. The van der Waals surface area contributed by atoms with Crippen molar-refractivity contribution in [2.45, 2.75) is 51.6 Å². The fourth-order valence-corrected chi connectivity index (χ4v) is 4.84. The highest BCUT2D eigenvalue weighted by Gasteiger charge is 2.27. The third-order valence-electron chi connectivity index (χ3n) is 5.42. The number of aryl methyl sites for hydroxylation is 1. The average Bonchev–Trinajstić information content (AvgIpc) is 3.22. The van der Waals surface area contributed by atoms with E-state index in [4.69, 9.17) is 11.6 Å². The standard InChI is InChI=1S/C22H23ClN2OS/c1-15-7-5-8-16-13-17(21(23)24-20(15)16)14-25(18-9-3-2-4-10-18)22(26)19-11-6-12-27-19/h5-8,11-13,18H,2-4,9-10,14H2,1H3. The third-order valence-corrected chi connectivity index (χ3v) is 6.61. The van der Waals surface area contributed by atoms with Crippen LogP contribution in [0.25, 0.3) is 10.9 Å². The molecule has 1 amide bonds. The van der Waals surface area contributed by atoms with Gasteiger partial charge in [-0.05, 0) is 42.8 Å². The number of carbonyl (C=O) groups is 1. The van der Waals surface area contributed by atoms with Crippen molar-refractivity contribution in [3.63, 3.8) is 0 Å². The number of para-hydroxylation sites is 1. The van der Waals surface area contributed by atoms with Gasteiger partial charge in [0.15, 0.2) is 0 Å². The van der Waals surface area contributed by atoms with Crippen LogP contribution in [-0.4, -0.2) is 21.8 Å². The van der Waals surface area contributed by atoms with E-state index >= 15 is 0 Å². The van der Waals surface area contributed by atoms with E-state index in [2.05, 4.69) is 17.1 Å². The molecule has 2 heterocycles. The van der Waals surface area contributed by atoms with E-state index in [0.29, 0.717) is 11.7 Å². The van der Waals surface area contributed by atoms with E-state index in [-0.39, 0.29) is 11.9 Å². The van der Waals surface area contributed by atoms with Crippen molar-refractivity contribution in [3.05, 3.63) is 62.9 Å². The van der Waals surface area contributed by atoms with Crippen LogP contribution in [0.1, 0.15) is 52.9 Å². The lowest BCUT2D eigenvalue weighted by molar-refractivity contribution is 0.0619. The Bertz CT molecular complexity index is 948. The number of hydrogen-bond donors (Lipinski definition) is 0. The van der Waals surface area contributed by atoms with Crippen molar-refractivity contribution in [3.8, 4) is 0 Å². The molecule has 5 heteroatoms. The van der Waals surface area contributed by atoms with Gasteiger partial charge >= 0.3 is 0 Å². The molecule has 0 radical (unpaired) electrons. The summed E-state index contributed by atoms with van der Waals surface area (Å²) in [5.74, 6) is 0.109. The topological polar surface area (TPSA) is 33.2 Å². The second kappa shape index (κ2) is 7.99. The summed E-state index contributed by atoms with van der Waals surface area (Å²) in [5, 5.41) is 3.53. The van der Waals surface area contributed by atoms with Crippen molar-refractivity contribution >= 4 is 39.7 Å². The van der Waals surface area contributed by atoms with Crippen LogP contribution >= 0.6 is 22.9 Å². The van der Waals surface area contributed by atoms with Gasteiger partial charge in [0.2, 0.25) is 0 Å². The Labute approximate surface area is 169 Å².